The van der Waals surface area contributed by atoms with E-state index in [4.69, 9.17) is 0 Å². The number of benzene rings is 13. The molecule has 2 aliphatic carbocycles. The molecule has 0 aliphatic heterocycles. The summed E-state index contributed by atoms with van der Waals surface area (Å²) in [5.74, 6) is 0. The molecule has 0 saturated carbocycles. The Morgan fingerprint density at radius 1 is 0.122 bits per heavy atom. The molecule has 13 aromatic rings. The molecule has 0 atom stereocenters. The molecule has 0 heteroatoms. The van der Waals surface area contributed by atoms with Gasteiger partial charge in [0.25, 0.3) is 0 Å². The van der Waals surface area contributed by atoms with Crippen LogP contribution in [-0.2, 0) is 0 Å². The van der Waals surface area contributed by atoms with Crippen molar-refractivity contribution in [1.29, 1.82) is 0 Å². The van der Waals surface area contributed by atoms with Crippen molar-refractivity contribution in [2.45, 2.75) is 0 Å². The maximum atomic E-state index is 2.47. The molecule has 0 spiro atoms. The summed E-state index contributed by atoms with van der Waals surface area (Å²) in [4.78, 5) is 0. The lowest BCUT2D eigenvalue weighted by Gasteiger charge is -2.23. The van der Waals surface area contributed by atoms with Crippen LogP contribution >= 0.6 is 0 Å². The quantitative estimate of drug-likeness (QED) is 0.142. The Hall–Kier alpha value is -9.62. The van der Waals surface area contributed by atoms with Crippen molar-refractivity contribution in [2.24, 2.45) is 0 Å². The summed E-state index contributed by atoms with van der Waals surface area (Å²) in [5.41, 5.74) is 30.0. The Bertz CT molecular complexity index is 4100. The van der Waals surface area contributed by atoms with E-state index in [9.17, 15) is 0 Å². The van der Waals surface area contributed by atoms with Crippen molar-refractivity contribution in [3.63, 3.8) is 0 Å². The zero-order valence-electron chi connectivity index (χ0n) is 40.6. The molecule has 0 unspecified atom stereocenters. The van der Waals surface area contributed by atoms with Gasteiger partial charge in [-0.3, -0.25) is 0 Å². The summed E-state index contributed by atoms with van der Waals surface area (Å²) in [6, 6.07) is 104. The monoisotopic (exact) mass is 934 g/mol. The van der Waals surface area contributed by atoms with E-state index in [1.54, 1.807) is 0 Å². The molecule has 0 bridgehead atoms. The van der Waals surface area contributed by atoms with Crippen LogP contribution in [0, 0.1) is 0 Å². The molecule has 0 N–H and O–H groups in total. The Morgan fingerprint density at radius 2 is 0.351 bits per heavy atom. The summed E-state index contributed by atoms with van der Waals surface area (Å²) in [7, 11) is 0. The standard InChI is InChI=1S/C74H46/c1-5-23-47(24-6-1)51-31-13-17-35-55(51)61-41-42-62(56-36-18-14-32-52(56)48-25-7-2-8-26-48)70-64-44-46-66-72-65(45-43-63(69(61)70)71(64)72)73-67(57-37-19-15-33-53(57)49-27-9-3-10-28-49)59-39-21-22-40-60(59)68(74(66)73)58-38-20-16-34-54(58)50-29-11-4-12-30-50/h1-46H. The third-order valence-corrected chi connectivity index (χ3v) is 15.8. The first-order chi connectivity index (χ1) is 36.8. The van der Waals surface area contributed by atoms with E-state index in [0.717, 1.165) is 0 Å². The van der Waals surface area contributed by atoms with Gasteiger partial charge in [-0.25, -0.2) is 0 Å². The topological polar surface area (TPSA) is 0 Å². The van der Waals surface area contributed by atoms with Crippen LogP contribution in [0.4, 0.5) is 0 Å². The largest absolute Gasteiger partial charge is 0.0622 e. The fourth-order valence-corrected chi connectivity index (χ4v) is 12.8. The Kier molecular flexibility index (Phi) is 9.68. The van der Waals surface area contributed by atoms with E-state index >= 15 is 0 Å². The summed E-state index contributed by atoms with van der Waals surface area (Å²) in [6.45, 7) is 0. The second kappa shape index (κ2) is 17.0. The summed E-state index contributed by atoms with van der Waals surface area (Å²) in [5, 5.41) is 5.14. The van der Waals surface area contributed by atoms with Crippen LogP contribution in [0.15, 0.2) is 279 Å². The molecule has 0 amide bonds. The highest BCUT2D eigenvalue weighted by molar-refractivity contribution is 6.34. The van der Waals surface area contributed by atoms with E-state index in [2.05, 4.69) is 279 Å². The molecule has 0 saturated heterocycles. The maximum absolute atomic E-state index is 2.47. The third-order valence-electron chi connectivity index (χ3n) is 15.8. The SMILES string of the molecule is c1ccc(-c2ccccc2-c2ccc(-c3ccccc3-c3ccccc3)c3c2-c2ccc4c5c(ccc-3c25)-c2c-4c(-c3ccccc3-c3ccccc3)c3ccccc3c2-c2ccccc2-c2ccccc2)cc1. The van der Waals surface area contributed by atoms with E-state index in [1.165, 1.54) is 155 Å². The highest BCUT2D eigenvalue weighted by atomic mass is 14.4. The molecule has 0 fully saturated rings. The van der Waals surface area contributed by atoms with Crippen molar-refractivity contribution in [3.8, 4) is 134 Å². The number of rotatable bonds is 8. The predicted octanol–water partition coefficient (Wildman–Crippen LogP) is 20.6. The average Bonchev–Trinajstić information content (AvgIpc) is 4.13. The minimum absolute atomic E-state index is 1.21. The number of fused-ring (bicyclic) bond motifs is 7. The van der Waals surface area contributed by atoms with E-state index in [0.29, 0.717) is 0 Å². The molecule has 0 heterocycles. The number of hydrogen-bond donors (Lipinski definition) is 0. The first-order valence-corrected chi connectivity index (χ1v) is 25.8. The summed E-state index contributed by atoms with van der Waals surface area (Å²) < 4.78 is 0. The predicted molar refractivity (Wildman–Crippen MR) is 314 cm³/mol. The van der Waals surface area contributed by atoms with Gasteiger partial charge in [-0.1, -0.05) is 279 Å². The zero-order valence-corrected chi connectivity index (χ0v) is 40.6. The average molecular weight is 935 g/mol. The van der Waals surface area contributed by atoms with Gasteiger partial charge in [-0.2, -0.15) is 0 Å². The van der Waals surface area contributed by atoms with Crippen molar-refractivity contribution in [1.82, 2.24) is 0 Å². The highest BCUT2D eigenvalue weighted by Crippen LogP contribution is 2.64. The first-order valence-electron chi connectivity index (χ1n) is 25.8. The lowest BCUT2D eigenvalue weighted by molar-refractivity contribution is 1.56. The van der Waals surface area contributed by atoms with Crippen molar-refractivity contribution >= 4 is 21.5 Å². The van der Waals surface area contributed by atoms with Crippen LogP contribution in [-0.4, -0.2) is 0 Å². The Balaban J connectivity index is 1.08. The van der Waals surface area contributed by atoms with Crippen LogP contribution in [0.25, 0.3) is 155 Å². The molecule has 74 heavy (non-hydrogen) atoms. The van der Waals surface area contributed by atoms with Crippen LogP contribution in [0.3, 0.4) is 0 Å². The van der Waals surface area contributed by atoms with Gasteiger partial charge in [-0.05, 0) is 155 Å². The minimum atomic E-state index is 1.21. The Labute approximate surface area is 431 Å². The maximum Gasteiger partial charge on any atom is -0.000718 e. The van der Waals surface area contributed by atoms with Gasteiger partial charge in [0.15, 0.2) is 0 Å². The van der Waals surface area contributed by atoms with Gasteiger partial charge in [0, 0.05) is 0 Å². The second-order valence-electron chi connectivity index (χ2n) is 19.7. The van der Waals surface area contributed by atoms with Gasteiger partial charge in [-0.15, -0.1) is 0 Å². The smallest absolute Gasteiger partial charge is 0.000718 e. The molecule has 0 radical (unpaired) electrons. The molecule has 2 aliphatic rings. The molecule has 15 rings (SSSR count). The number of hydrogen-bond acceptors (Lipinski definition) is 0. The molecule has 13 aromatic carbocycles. The molecule has 342 valence electrons. The summed E-state index contributed by atoms with van der Waals surface area (Å²) >= 11 is 0. The zero-order chi connectivity index (χ0) is 48.7. The van der Waals surface area contributed by atoms with Gasteiger partial charge in [0.1, 0.15) is 0 Å². The lowest BCUT2D eigenvalue weighted by atomic mass is 9.79. The van der Waals surface area contributed by atoms with Crippen molar-refractivity contribution in [2.75, 3.05) is 0 Å². The van der Waals surface area contributed by atoms with Crippen LogP contribution in [0.5, 0.6) is 0 Å². The van der Waals surface area contributed by atoms with Crippen LogP contribution in [0.1, 0.15) is 0 Å². The van der Waals surface area contributed by atoms with Crippen LogP contribution in [0.2, 0.25) is 0 Å². The van der Waals surface area contributed by atoms with E-state index in [1.807, 2.05) is 0 Å². The normalized spacial score (nSPS) is 11.8. The molecular weight excluding hydrogens is 889 g/mol. The van der Waals surface area contributed by atoms with Gasteiger partial charge in [0.05, 0.1) is 0 Å². The minimum Gasteiger partial charge on any atom is -0.0622 e. The lowest BCUT2D eigenvalue weighted by Crippen LogP contribution is -1.96. The van der Waals surface area contributed by atoms with Gasteiger partial charge >= 0.3 is 0 Å². The van der Waals surface area contributed by atoms with Crippen molar-refractivity contribution < 1.29 is 0 Å². The van der Waals surface area contributed by atoms with E-state index < -0.39 is 0 Å². The fraction of sp³-hybridized carbons (Fsp3) is 0. The fourth-order valence-electron chi connectivity index (χ4n) is 12.8. The molecule has 0 nitrogen and oxygen atoms in total. The molecular formula is C74H46. The summed E-state index contributed by atoms with van der Waals surface area (Å²) in [6.07, 6.45) is 0. The first kappa shape index (κ1) is 42.1. The second-order valence-corrected chi connectivity index (χ2v) is 19.7. The highest BCUT2D eigenvalue weighted by Gasteiger charge is 2.37. The van der Waals surface area contributed by atoms with E-state index in [-0.39, 0.29) is 0 Å². The third kappa shape index (κ3) is 6.35. The van der Waals surface area contributed by atoms with Gasteiger partial charge < -0.3 is 0 Å². The van der Waals surface area contributed by atoms with Crippen molar-refractivity contribution in [3.05, 3.63) is 279 Å². The van der Waals surface area contributed by atoms with Gasteiger partial charge in [0.2, 0.25) is 0 Å². The van der Waals surface area contributed by atoms with Crippen LogP contribution < -0.4 is 0 Å². The Morgan fingerprint density at radius 3 is 0.676 bits per heavy atom. The molecule has 0 aromatic heterocycles.